The van der Waals surface area contributed by atoms with Gasteiger partial charge in [0.1, 0.15) is 5.69 Å². The number of hydrogen-bond acceptors (Lipinski definition) is 5. The first-order chi connectivity index (χ1) is 10.2. The van der Waals surface area contributed by atoms with Gasteiger partial charge in [0.15, 0.2) is 0 Å². The van der Waals surface area contributed by atoms with E-state index in [4.69, 9.17) is 10.5 Å². The topological polar surface area (TPSA) is 77.2 Å². The second-order valence-corrected chi connectivity index (χ2v) is 5.54. The molecule has 0 aliphatic carbocycles. The molecule has 0 radical (unpaired) electrons. The van der Waals surface area contributed by atoms with Gasteiger partial charge in [0.2, 0.25) is 0 Å². The van der Waals surface area contributed by atoms with Gasteiger partial charge < -0.3 is 15.8 Å². The minimum absolute atomic E-state index is 0. The van der Waals surface area contributed by atoms with Crippen molar-refractivity contribution in [3.63, 3.8) is 0 Å². The molecule has 0 unspecified atom stereocenters. The van der Waals surface area contributed by atoms with Gasteiger partial charge in [-0.05, 0) is 17.7 Å². The van der Waals surface area contributed by atoms with Gasteiger partial charge in [-0.15, -0.1) is 23.7 Å². The summed E-state index contributed by atoms with van der Waals surface area (Å²) in [5.74, 6) is -0.160. The first-order valence-electron chi connectivity index (χ1n) is 6.72. The third-order valence-corrected chi connectivity index (χ3v) is 3.81. The molecule has 0 aliphatic heterocycles. The van der Waals surface area contributed by atoms with E-state index in [1.54, 1.807) is 12.5 Å². The second-order valence-electron chi connectivity index (χ2n) is 4.60. The van der Waals surface area contributed by atoms with Crippen LogP contribution in [-0.2, 0) is 24.3 Å². The maximum atomic E-state index is 12.0. The van der Waals surface area contributed by atoms with E-state index in [0.717, 1.165) is 16.1 Å². The molecule has 2 rings (SSSR count). The van der Waals surface area contributed by atoms with Crippen molar-refractivity contribution in [1.29, 1.82) is 0 Å². The van der Waals surface area contributed by atoms with Crippen LogP contribution in [0.2, 0.25) is 0 Å². The average Bonchev–Trinajstić information content (AvgIpc) is 2.95. The summed E-state index contributed by atoms with van der Waals surface area (Å²) in [7, 11) is 1.66. The summed E-state index contributed by atoms with van der Waals surface area (Å²) < 4.78 is 5.10. The number of thiazole rings is 1. The summed E-state index contributed by atoms with van der Waals surface area (Å²) in [6, 6.07) is 7.94. The zero-order chi connectivity index (χ0) is 15.1. The summed E-state index contributed by atoms with van der Waals surface area (Å²) in [4.78, 5) is 16.3. The SMILES string of the molecule is COCc1cccc(CNC(=O)c2csc(CCN)n2)c1.Cl. The molecule has 120 valence electrons. The smallest absolute Gasteiger partial charge is 0.271 e. The van der Waals surface area contributed by atoms with Crippen molar-refractivity contribution >= 4 is 29.7 Å². The van der Waals surface area contributed by atoms with Crippen LogP contribution in [0.3, 0.4) is 0 Å². The molecule has 0 bridgehead atoms. The molecule has 0 saturated carbocycles. The highest BCUT2D eigenvalue weighted by atomic mass is 35.5. The monoisotopic (exact) mass is 341 g/mol. The second kappa shape index (κ2) is 9.53. The van der Waals surface area contributed by atoms with Crippen LogP contribution >= 0.6 is 23.7 Å². The van der Waals surface area contributed by atoms with Crippen LogP contribution in [0.15, 0.2) is 29.6 Å². The molecule has 0 fully saturated rings. The number of hydrogen-bond donors (Lipinski definition) is 2. The third-order valence-electron chi connectivity index (χ3n) is 2.90. The number of benzene rings is 1. The van der Waals surface area contributed by atoms with E-state index in [1.807, 2.05) is 24.3 Å². The quantitative estimate of drug-likeness (QED) is 0.809. The van der Waals surface area contributed by atoms with Gasteiger partial charge in [-0.1, -0.05) is 24.3 Å². The maximum absolute atomic E-state index is 12.0. The average molecular weight is 342 g/mol. The lowest BCUT2D eigenvalue weighted by Gasteiger charge is -2.06. The number of amides is 1. The van der Waals surface area contributed by atoms with Gasteiger partial charge in [0.25, 0.3) is 5.91 Å². The first kappa shape index (κ1) is 18.6. The predicted molar refractivity (Wildman–Crippen MR) is 90.4 cm³/mol. The van der Waals surface area contributed by atoms with Gasteiger partial charge in [-0.3, -0.25) is 4.79 Å². The number of nitrogens with zero attached hydrogens (tertiary/aromatic N) is 1. The molecule has 0 aliphatic rings. The Morgan fingerprint density at radius 1 is 1.41 bits per heavy atom. The summed E-state index contributed by atoms with van der Waals surface area (Å²) in [5.41, 5.74) is 8.05. The number of rotatable bonds is 7. The fourth-order valence-corrected chi connectivity index (χ4v) is 2.72. The minimum atomic E-state index is -0.160. The lowest BCUT2D eigenvalue weighted by Crippen LogP contribution is -2.23. The van der Waals surface area contributed by atoms with E-state index in [0.29, 0.717) is 31.8 Å². The van der Waals surface area contributed by atoms with Crippen molar-refractivity contribution in [2.24, 2.45) is 5.73 Å². The highest BCUT2D eigenvalue weighted by Crippen LogP contribution is 2.11. The van der Waals surface area contributed by atoms with Crippen molar-refractivity contribution in [2.75, 3.05) is 13.7 Å². The van der Waals surface area contributed by atoms with Crippen molar-refractivity contribution in [2.45, 2.75) is 19.6 Å². The summed E-state index contributed by atoms with van der Waals surface area (Å²) in [6.07, 6.45) is 0.705. The molecule has 0 atom stereocenters. The Hall–Kier alpha value is -1.47. The molecule has 0 saturated heterocycles. The Morgan fingerprint density at radius 2 is 2.18 bits per heavy atom. The highest BCUT2D eigenvalue weighted by molar-refractivity contribution is 7.09. The molecule has 2 aromatic rings. The fourth-order valence-electron chi connectivity index (χ4n) is 1.92. The van der Waals surface area contributed by atoms with E-state index in [1.165, 1.54) is 11.3 Å². The Morgan fingerprint density at radius 3 is 2.91 bits per heavy atom. The van der Waals surface area contributed by atoms with E-state index in [9.17, 15) is 4.79 Å². The Kier molecular flexibility index (Phi) is 8.05. The molecule has 3 N–H and O–H groups in total. The molecule has 1 aromatic heterocycles. The Bertz CT molecular complexity index is 604. The van der Waals surface area contributed by atoms with Crippen LogP contribution in [-0.4, -0.2) is 24.5 Å². The van der Waals surface area contributed by atoms with Crippen molar-refractivity contribution < 1.29 is 9.53 Å². The molecule has 22 heavy (non-hydrogen) atoms. The number of carbonyl (C=O) groups excluding carboxylic acids is 1. The maximum Gasteiger partial charge on any atom is 0.271 e. The van der Waals surface area contributed by atoms with Crippen LogP contribution < -0.4 is 11.1 Å². The van der Waals surface area contributed by atoms with Gasteiger partial charge in [-0.25, -0.2) is 4.98 Å². The van der Waals surface area contributed by atoms with Crippen LogP contribution in [0.5, 0.6) is 0 Å². The largest absolute Gasteiger partial charge is 0.380 e. The molecule has 5 nitrogen and oxygen atoms in total. The van der Waals surface area contributed by atoms with Crippen molar-refractivity contribution in [3.05, 3.63) is 51.5 Å². The Labute approximate surface area is 140 Å². The van der Waals surface area contributed by atoms with Gasteiger partial charge in [-0.2, -0.15) is 0 Å². The number of methoxy groups -OCH3 is 1. The van der Waals surface area contributed by atoms with Gasteiger partial charge >= 0.3 is 0 Å². The van der Waals surface area contributed by atoms with Gasteiger partial charge in [0.05, 0.1) is 11.6 Å². The zero-order valence-corrected chi connectivity index (χ0v) is 14.0. The van der Waals surface area contributed by atoms with Crippen molar-refractivity contribution in [3.8, 4) is 0 Å². The zero-order valence-electron chi connectivity index (χ0n) is 12.4. The number of nitrogens with one attached hydrogen (secondary N) is 1. The Balaban J connectivity index is 0.00000242. The van der Waals surface area contributed by atoms with Crippen LogP contribution in [0.25, 0.3) is 0 Å². The predicted octanol–water partition coefficient (Wildman–Crippen LogP) is 2.14. The number of ether oxygens (including phenoxy) is 1. The van der Waals surface area contributed by atoms with E-state index >= 15 is 0 Å². The highest BCUT2D eigenvalue weighted by Gasteiger charge is 2.10. The summed E-state index contributed by atoms with van der Waals surface area (Å²) >= 11 is 1.46. The van der Waals surface area contributed by atoms with E-state index in [2.05, 4.69) is 10.3 Å². The van der Waals surface area contributed by atoms with E-state index in [-0.39, 0.29) is 18.3 Å². The lowest BCUT2D eigenvalue weighted by molar-refractivity contribution is 0.0946. The van der Waals surface area contributed by atoms with Crippen molar-refractivity contribution in [1.82, 2.24) is 10.3 Å². The number of carbonyl (C=O) groups is 1. The minimum Gasteiger partial charge on any atom is -0.380 e. The summed E-state index contributed by atoms with van der Waals surface area (Å²) in [5, 5.41) is 5.53. The lowest BCUT2D eigenvalue weighted by atomic mass is 10.1. The number of nitrogens with two attached hydrogens (primary N) is 1. The standard InChI is InChI=1S/C15H19N3O2S.ClH/c1-20-9-12-4-2-3-11(7-12)8-17-15(19)13-10-21-14(18-13)5-6-16;/h2-4,7,10H,5-6,8-9,16H2,1H3,(H,17,19);1H. The molecule has 0 spiro atoms. The molecular formula is C15H20ClN3O2S. The van der Waals surface area contributed by atoms with Gasteiger partial charge in [0, 0.05) is 25.5 Å². The number of halogens is 1. The third kappa shape index (κ3) is 5.38. The van der Waals surface area contributed by atoms with Crippen LogP contribution in [0.4, 0.5) is 0 Å². The molecule has 7 heteroatoms. The normalized spacial score (nSPS) is 10.1. The number of aromatic nitrogens is 1. The van der Waals surface area contributed by atoms with Crippen LogP contribution in [0, 0.1) is 0 Å². The summed E-state index contributed by atoms with van der Waals surface area (Å²) in [6.45, 7) is 1.58. The first-order valence-corrected chi connectivity index (χ1v) is 7.60. The van der Waals surface area contributed by atoms with Crippen LogP contribution in [0.1, 0.15) is 26.6 Å². The molecular weight excluding hydrogens is 322 g/mol. The molecule has 1 aromatic carbocycles. The molecule has 1 heterocycles. The molecule has 1 amide bonds. The fraction of sp³-hybridized carbons (Fsp3) is 0.333. The van der Waals surface area contributed by atoms with E-state index < -0.39 is 0 Å².